The molecule has 4 rings (SSSR count). The third-order valence-electron chi connectivity index (χ3n) is 6.51. The van der Waals surface area contributed by atoms with E-state index in [1.807, 2.05) is 36.4 Å². The number of amides is 1. The van der Waals surface area contributed by atoms with Gasteiger partial charge in [0.2, 0.25) is 0 Å². The fraction of sp³-hybridized carbons (Fsp3) is 0.207. The van der Waals surface area contributed by atoms with Gasteiger partial charge in [0, 0.05) is 39.0 Å². The number of carboxylic acid groups (broad SMARTS) is 1. The minimum atomic E-state index is -1.39. The second-order valence-corrected chi connectivity index (χ2v) is 10.2. The molecule has 1 heterocycles. The summed E-state index contributed by atoms with van der Waals surface area (Å²) in [5.41, 5.74) is 1.68. The van der Waals surface area contributed by atoms with Crippen molar-refractivity contribution in [3.63, 3.8) is 0 Å². The molecule has 1 aromatic heterocycles. The number of nitrogens with one attached hydrogen (secondary N) is 1. The van der Waals surface area contributed by atoms with E-state index in [0.29, 0.717) is 33.8 Å². The number of ether oxygens (including phenoxy) is 1. The Kier molecular flexibility index (Phi) is 7.78. The summed E-state index contributed by atoms with van der Waals surface area (Å²) in [6, 6.07) is 16.6. The summed E-state index contributed by atoms with van der Waals surface area (Å²) >= 11 is 3.45. The van der Waals surface area contributed by atoms with Gasteiger partial charge in [0.25, 0.3) is 5.91 Å². The molecule has 0 aliphatic rings. The summed E-state index contributed by atoms with van der Waals surface area (Å²) in [5.74, 6) is -3.79. The zero-order valence-corrected chi connectivity index (χ0v) is 22.5. The van der Waals surface area contributed by atoms with Gasteiger partial charge < -0.3 is 15.2 Å². The van der Waals surface area contributed by atoms with Crippen molar-refractivity contribution in [2.24, 2.45) is 0 Å². The predicted octanol–water partition coefficient (Wildman–Crippen LogP) is 6.42. The van der Waals surface area contributed by atoms with E-state index in [9.17, 15) is 23.5 Å². The van der Waals surface area contributed by atoms with Gasteiger partial charge in [0.15, 0.2) is 11.6 Å². The van der Waals surface area contributed by atoms with Crippen molar-refractivity contribution < 1.29 is 28.2 Å². The summed E-state index contributed by atoms with van der Waals surface area (Å²) in [4.78, 5) is 30.3. The first-order valence-corrected chi connectivity index (χ1v) is 12.5. The van der Waals surface area contributed by atoms with E-state index < -0.39 is 35.3 Å². The van der Waals surface area contributed by atoms with E-state index in [4.69, 9.17) is 9.72 Å². The molecule has 196 valence electrons. The molecule has 2 N–H and O–H groups in total. The maximum absolute atomic E-state index is 14.5. The van der Waals surface area contributed by atoms with Gasteiger partial charge in [-0.25, -0.2) is 13.8 Å². The lowest BCUT2D eigenvalue weighted by Crippen LogP contribution is -2.41. The highest BCUT2D eigenvalue weighted by Gasteiger charge is 2.35. The van der Waals surface area contributed by atoms with Crippen molar-refractivity contribution in [1.82, 2.24) is 10.3 Å². The number of carbonyl (C=O) groups is 2. The number of benzene rings is 3. The standard InChI is InChI=1S/C29H25BrF2N2O4/c1-16-25(20-11-18(30)9-10-23(20)34-26(16)17-7-5-4-6-8-17)28(37)33-15-29(2,14-24(35)36)21-12-19(31)13-22(32)27(21)38-3/h4-13H,14-15H2,1-3H3,(H,33,37)(H,35,36)/t29-/m0/s1. The third kappa shape index (κ3) is 5.38. The monoisotopic (exact) mass is 582 g/mol. The molecule has 0 aliphatic heterocycles. The lowest BCUT2D eigenvalue weighted by Gasteiger charge is -2.30. The molecule has 0 unspecified atom stereocenters. The lowest BCUT2D eigenvalue weighted by molar-refractivity contribution is -0.138. The highest BCUT2D eigenvalue weighted by Crippen LogP contribution is 2.37. The number of aromatic nitrogens is 1. The second kappa shape index (κ2) is 10.9. The quantitative estimate of drug-likeness (QED) is 0.250. The van der Waals surface area contributed by atoms with E-state index in [1.165, 1.54) is 14.0 Å². The highest BCUT2D eigenvalue weighted by molar-refractivity contribution is 9.10. The van der Waals surface area contributed by atoms with E-state index in [2.05, 4.69) is 21.2 Å². The van der Waals surface area contributed by atoms with Crippen LogP contribution in [0.5, 0.6) is 5.75 Å². The fourth-order valence-corrected chi connectivity index (χ4v) is 5.03. The van der Waals surface area contributed by atoms with E-state index >= 15 is 0 Å². The molecule has 1 atom stereocenters. The van der Waals surface area contributed by atoms with Crippen LogP contribution < -0.4 is 10.1 Å². The first-order valence-electron chi connectivity index (χ1n) is 11.7. The van der Waals surface area contributed by atoms with Gasteiger partial charge in [0.05, 0.1) is 30.3 Å². The van der Waals surface area contributed by atoms with Gasteiger partial charge >= 0.3 is 5.97 Å². The molecule has 0 fully saturated rings. The first-order chi connectivity index (χ1) is 18.0. The average Bonchev–Trinajstić information content (AvgIpc) is 2.86. The summed E-state index contributed by atoms with van der Waals surface area (Å²) in [6.45, 7) is 3.09. The number of pyridine rings is 1. The Morgan fingerprint density at radius 3 is 2.47 bits per heavy atom. The molecule has 0 radical (unpaired) electrons. The van der Waals surface area contributed by atoms with Crippen LogP contribution in [-0.4, -0.2) is 35.6 Å². The number of rotatable bonds is 8. The number of carboxylic acids is 1. The topological polar surface area (TPSA) is 88.5 Å². The average molecular weight is 583 g/mol. The molecule has 0 spiro atoms. The smallest absolute Gasteiger partial charge is 0.304 e. The SMILES string of the molecule is COc1c(F)cc(F)cc1[C@](C)(CNC(=O)c1c(C)c(-c2ccccc2)nc2ccc(Br)cc12)CC(=O)O. The molecule has 3 aromatic carbocycles. The molecular formula is C29H25BrF2N2O4. The Morgan fingerprint density at radius 2 is 1.82 bits per heavy atom. The fourth-order valence-electron chi connectivity index (χ4n) is 4.67. The Bertz CT molecular complexity index is 1550. The van der Waals surface area contributed by atoms with Crippen molar-refractivity contribution in [3.05, 3.63) is 93.5 Å². The lowest BCUT2D eigenvalue weighted by atomic mass is 9.78. The molecule has 0 aliphatic carbocycles. The minimum Gasteiger partial charge on any atom is -0.493 e. The van der Waals surface area contributed by atoms with Crippen LogP contribution in [0.4, 0.5) is 8.78 Å². The van der Waals surface area contributed by atoms with E-state index in [-0.39, 0.29) is 17.9 Å². The number of carbonyl (C=O) groups excluding carboxylic acids is 1. The summed E-state index contributed by atoms with van der Waals surface area (Å²) < 4.78 is 34.6. The van der Waals surface area contributed by atoms with Crippen LogP contribution >= 0.6 is 15.9 Å². The predicted molar refractivity (Wildman–Crippen MR) is 144 cm³/mol. The first kappa shape index (κ1) is 27.2. The summed E-state index contributed by atoms with van der Waals surface area (Å²) in [5, 5.41) is 13.0. The molecule has 6 nitrogen and oxygen atoms in total. The highest BCUT2D eigenvalue weighted by atomic mass is 79.9. The Morgan fingerprint density at radius 1 is 1.11 bits per heavy atom. The van der Waals surface area contributed by atoms with Gasteiger partial charge in [-0.1, -0.05) is 53.2 Å². The molecule has 4 aromatic rings. The Balaban J connectivity index is 1.80. The number of hydrogen-bond acceptors (Lipinski definition) is 4. The van der Waals surface area contributed by atoms with Crippen LogP contribution in [0.3, 0.4) is 0 Å². The van der Waals surface area contributed by atoms with Crippen LogP contribution in [0.25, 0.3) is 22.2 Å². The molecule has 1 amide bonds. The van der Waals surface area contributed by atoms with Crippen LogP contribution in [0, 0.1) is 18.6 Å². The number of aliphatic carboxylic acids is 1. The van der Waals surface area contributed by atoms with Crippen molar-refractivity contribution in [1.29, 1.82) is 0 Å². The Labute approximate surface area is 226 Å². The maximum atomic E-state index is 14.5. The molecular weight excluding hydrogens is 558 g/mol. The van der Waals surface area contributed by atoms with Gasteiger partial charge in [-0.05, 0) is 36.8 Å². The summed E-state index contributed by atoms with van der Waals surface area (Å²) in [7, 11) is 1.22. The van der Waals surface area contributed by atoms with Gasteiger partial charge in [-0.15, -0.1) is 0 Å². The van der Waals surface area contributed by atoms with Crippen LogP contribution in [-0.2, 0) is 10.2 Å². The number of methoxy groups -OCH3 is 1. The Hall–Kier alpha value is -3.85. The number of hydrogen-bond donors (Lipinski definition) is 2. The third-order valence-corrected chi connectivity index (χ3v) is 7.00. The largest absolute Gasteiger partial charge is 0.493 e. The molecule has 0 bridgehead atoms. The number of fused-ring (bicyclic) bond motifs is 1. The van der Waals surface area contributed by atoms with Gasteiger partial charge in [-0.3, -0.25) is 9.59 Å². The van der Waals surface area contributed by atoms with Gasteiger partial charge in [-0.2, -0.15) is 0 Å². The van der Waals surface area contributed by atoms with Crippen LogP contribution in [0.1, 0.15) is 34.8 Å². The van der Waals surface area contributed by atoms with Crippen LogP contribution in [0.15, 0.2) is 65.1 Å². The van der Waals surface area contributed by atoms with Crippen molar-refractivity contribution >= 4 is 38.7 Å². The second-order valence-electron chi connectivity index (χ2n) is 9.27. The zero-order chi connectivity index (χ0) is 27.6. The van der Waals surface area contributed by atoms with Crippen molar-refractivity contribution in [3.8, 4) is 17.0 Å². The molecule has 9 heteroatoms. The molecule has 0 saturated carbocycles. The van der Waals surface area contributed by atoms with Crippen LogP contribution in [0.2, 0.25) is 0 Å². The van der Waals surface area contributed by atoms with Crippen molar-refractivity contribution in [2.45, 2.75) is 25.7 Å². The number of nitrogens with zero attached hydrogens (tertiary/aromatic N) is 1. The van der Waals surface area contributed by atoms with E-state index in [0.717, 1.165) is 16.1 Å². The molecule has 0 saturated heterocycles. The molecule has 38 heavy (non-hydrogen) atoms. The van der Waals surface area contributed by atoms with E-state index in [1.54, 1.807) is 19.1 Å². The zero-order valence-electron chi connectivity index (χ0n) is 20.9. The number of halogens is 3. The maximum Gasteiger partial charge on any atom is 0.304 e. The normalized spacial score (nSPS) is 12.7. The minimum absolute atomic E-state index is 0.00391. The summed E-state index contributed by atoms with van der Waals surface area (Å²) in [6.07, 6.45) is -0.510. The van der Waals surface area contributed by atoms with Crippen molar-refractivity contribution in [2.75, 3.05) is 13.7 Å². The van der Waals surface area contributed by atoms with Gasteiger partial charge in [0.1, 0.15) is 5.82 Å².